The summed E-state index contributed by atoms with van der Waals surface area (Å²) in [6, 6.07) is 1.94. The zero-order valence-corrected chi connectivity index (χ0v) is 7.90. The van der Waals surface area contributed by atoms with Crippen molar-refractivity contribution >= 4 is 17.4 Å². The Morgan fingerprint density at radius 1 is 1.67 bits per heavy atom. The Hall–Kier alpha value is -0.740. The lowest BCUT2D eigenvalue weighted by Crippen LogP contribution is -2.09. The van der Waals surface area contributed by atoms with Gasteiger partial charge in [0.2, 0.25) is 0 Å². The van der Waals surface area contributed by atoms with Crippen molar-refractivity contribution in [3.63, 3.8) is 0 Å². The Bertz CT molecular complexity index is 239. The van der Waals surface area contributed by atoms with E-state index in [-0.39, 0.29) is 0 Å². The van der Waals surface area contributed by atoms with Crippen molar-refractivity contribution < 1.29 is 0 Å². The molecule has 0 spiro atoms. The fraction of sp³-hybridized carbons (Fsp3) is 0.375. The molecule has 0 bridgehead atoms. The van der Waals surface area contributed by atoms with E-state index in [1.165, 1.54) is 0 Å². The van der Waals surface area contributed by atoms with Gasteiger partial charge in [0.25, 0.3) is 0 Å². The van der Waals surface area contributed by atoms with Crippen LogP contribution < -0.4 is 11.1 Å². The van der Waals surface area contributed by atoms with Crippen LogP contribution in [0.15, 0.2) is 23.4 Å². The molecule has 0 unspecified atom stereocenters. The van der Waals surface area contributed by atoms with Gasteiger partial charge in [-0.1, -0.05) is 0 Å². The van der Waals surface area contributed by atoms with Crippen LogP contribution in [-0.4, -0.2) is 24.3 Å². The van der Waals surface area contributed by atoms with Crippen LogP contribution in [0.1, 0.15) is 0 Å². The van der Waals surface area contributed by atoms with E-state index in [1.807, 2.05) is 13.1 Å². The number of thioether (sulfide) groups is 1. The molecule has 4 heteroatoms. The van der Waals surface area contributed by atoms with Gasteiger partial charge in [-0.25, -0.2) is 0 Å². The molecule has 1 aromatic heterocycles. The number of nitrogens with one attached hydrogen (secondary N) is 1. The molecule has 0 saturated carbocycles. The molecule has 0 aliphatic heterocycles. The maximum absolute atomic E-state index is 5.70. The normalized spacial score (nSPS) is 10.1. The fourth-order valence-corrected chi connectivity index (χ4v) is 1.69. The Balaban J connectivity index is 2.46. The fourth-order valence-electron chi connectivity index (χ4n) is 0.788. The number of hydrogen-bond acceptors (Lipinski definition) is 4. The van der Waals surface area contributed by atoms with Gasteiger partial charge < -0.3 is 11.1 Å². The van der Waals surface area contributed by atoms with Gasteiger partial charge in [-0.2, -0.15) is 0 Å². The van der Waals surface area contributed by atoms with Crippen molar-refractivity contribution in [1.82, 2.24) is 10.3 Å². The van der Waals surface area contributed by atoms with Crippen LogP contribution in [0.3, 0.4) is 0 Å². The first-order valence-corrected chi connectivity index (χ1v) is 4.80. The molecule has 12 heavy (non-hydrogen) atoms. The minimum atomic E-state index is 0.763. The third kappa shape index (κ3) is 2.71. The molecule has 0 amide bonds. The van der Waals surface area contributed by atoms with E-state index < -0.39 is 0 Å². The molecule has 1 aromatic rings. The molecule has 1 heterocycles. The van der Waals surface area contributed by atoms with E-state index in [4.69, 9.17) is 5.73 Å². The molecule has 0 radical (unpaired) electrons. The number of pyridine rings is 1. The largest absolute Gasteiger partial charge is 0.397 e. The van der Waals surface area contributed by atoms with Crippen molar-refractivity contribution in [3.8, 4) is 0 Å². The third-order valence-corrected chi connectivity index (χ3v) is 2.51. The smallest absolute Gasteiger partial charge is 0.0638 e. The zero-order chi connectivity index (χ0) is 8.81. The number of hydrogen-bond donors (Lipinski definition) is 2. The van der Waals surface area contributed by atoms with E-state index in [0.29, 0.717) is 0 Å². The van der Waals surface area contributed by atoms with Gasteiger partial charge in [0.1, 0.15) is 0 Å². The quantitative estimate of drug-likeness (QED) is 0.539. The third-order valence-electron chi connectivity index (χ3n) is 1.42. The molecule has 0 aliphatic carbocycles. The molecule has 3 nitrogen and oxygen atoms in total. The van der Waals surface area contributed by atoms with Gasteiger partial charge in [0, 0.05) is 23.4 Å². The van der Waals surface area contributed by atoms with Gasteiger partial charge in [-0.3, -0.25) is 4.98 Å². The Labute approximate surface area is 76.8 Å². The monoisotopic (exact) mass is 183 g/mol. The van der Waals surface area contributed by atoms with Crippen LogP contribution in [0.25, 0.3) is 0 Å². The van der Waals surface area contributed by atoms with Gasteiger partial charge in [0.05, 0.1) is 11.9 Å². The number of rotatable bonds is 4. The summed E-state index contributed by atoms with van der Waals surface area (Å²) in [6.07, 6.45) is 3.44. The van der Waals surface area contributed by atoms with Gasteiger partial charge in [-0.05, 0) is 13.1 Å². The molecule has 0 atom stereocenters. The first kappa shape index (κ1) is 9.35. The number of nitrogen functional groups attached to an aromatic ring is 1. The molecule has 66 valence electrons. The number of nitrogens with zero attached hydrogens (tertiary/aromatic N) is 1. The van der Waals surface area contributed by atoms with Gasteiger partial charge in [0.15, 0.2) is 0 Å². The summed E-state index contributed by atoms with van der Waals surface area (Å²) in [5.74, 6) is 1.03. The second-order valence-corrected chi connectivity index (χ2v) is 3.50. The standard InChI is InChI=1S/C8H13N3S/c1-10-4-5-12-8-2-3-11-6-7(8)9/h2-3,6,10H,4-5,9H2,1H3. The average molecular weight is 183 g/mol. The summed E-state index contributed by atoms with van der Waals surface area (Å²) in [6.45, 7) is 0.992. The highest BCUT2D eigenvalue weighted by Gasteiger charge is 1.97. The summed E-state index contributed by atoms with van der Waals surface area (Å²) in [4.78, 5) is 5.03. The Kier molecular flexibility index (Phi) is 3.90. The predicted molar refractivity (Wildman–Crippen MR) is 53.3 cm³/mol. The molecule has 0 aromatic carbocycles. The minimum absolute atomic E-state index is 0.763. The summed E-state index contributed by atoms with van der Waals surface area (Å²) in [5, 5.41) is 3.08. The first-order valence-electron chi connectivity index (χ1n) is 3.81. The van der Waals surface area contributed by atoms with Crippen molar-refractivity contribution in [2.24, 2.45) is 0 Å². The summed E-state index contributed by atoms with van der Waals surface area (Å²) in [7, 11) is 1.94. The SMILES string of the molecule is CNCCSc1ccncc1N. The molecule has 3 N–H and O–H groups in total. The highest BCUT2D eigenvalue weighted by Crippen LogP contribution is 2.22. The predicted octanol–water partition coefficient (Wildman–Crippen LogP) is 0.975. The molecule has 0 aliphatic rings. The molecule has 0 saturated heterocycles. The topological polar surface area (TPSA) is 50.9 Å². The Morgan fingerprint density at radius 3 is 3.17 bits per heavy atom. The second kappa shape index (κ2) is 5.00. The van der Waals surface area contributed by atoms with E-state index in [9.17, 15) is 0 Å². The maximum Gasteiger partial charge on any atom is 0.0638 e. The van der Waals surface area contributed by atoms with Crippen molar-refractivity contribution in [2.45, 2.75) is 4.90 Å². The first-order chi connectivity index (χ1) is 5.84. The van der Waals surface area contributed by atoms with Crippen LogP contribution in [-0.2, 0) is 0 Å². The van der Waals surface area contributed by atoms with Crippen LogP contribution in [0.4, 0.5) is 5.69 Å². The highest BCUT2D eigenvalue weighted by atomic mass is 32.2. The number of anilines is 1. The molecule has 0 fully saturated rings. The van der Waals surface area contributed by atoms with Crippen molar-refractivity contribution in [3.05, 3.63) is 18.5 Å². The molecule has 1 rings (SSSR count). The number of aromatic nitrogens is 1. The minimum Gasteiger partial charge on any atom is -0.397 e. The van der Waals surface area contributed by atoms with Crippen molar-refractivity contribution in [1.29, 1.82) is 0 Å². The average Bonchev–Trinajstić information content (AvgIpc) is 2.09. The number of nitrogens with two attached hydrogens (primary N) is 1. The lowest BCUT2D eigenvalue weighted by atomic mass is 10.4. The van der Waals surface area contributed by atoms with Crippen LogP contribution in [0, 0.1) is 0 Å². The molecular formula is C8H13N3S. The van der Waals surface area contributed by atoms with Gasteiger partial charge >= 0.3 is 0 Å². The summed E-state index contributed by atoms with van der Waals surface area (Å²) in [5.41, 5.74) is 6.46. The van der Waals surface area contributed by atoms with E-state index in [2.05, 4.69) is 10.3 Å². The lowest BCUT2D eigenvalue weighted by molar-refractivity contribution is 0.872. The Morgan fingerprint density at radius 2 is 2.50 bits per heavy atom. The second-order valence-electron chi connectivity index (χ2n) is 2.37. The van der Waals surface area contributed by atoms with Crippen LogP contribution >= 0.6 is 11.8 Å². The lowest BCUT2D eigenvalue weighted by Gasteiger charge is -2.03. The van der Waals surface area contributed by atoms with Crippen LogP contribution in [0.5, 0.6) is 0 Å². The summed E-state index contributed by atoms with van der Waals surface area (Å²) < 4.78 is 0. The molecular weight excluding hydrogens is 170 g/mol. The summed E-state index contributed by atoms with van der Waals surface area (Å²) >= 11 is 1.74. The van der Waals surface area contributed by atoms with Crippen LogP contribution in [0.2, 0.25) is 0 Å². The highest BCUT2D eigenvalue weighted by molar-refractivity contribution is 7.99. The van der Waals surface area contributed by atoms with E-state index in [0.717, 1.165) is 22.9 Å². The van der Waals surface area contributed by atoms with E-state index >= 15 is 0 Å². The van der Waals surface area contributed by atoms with Crippen molar-refractivity contribution in [2.75, 3.05) is 25.1 Å². The zero-order valence-electron chi connectivity index (χ0n) is 7.08. The van der Waals surface area contributed by atoms with Gasteiger partial charge in [-0.15, -0.1) is 11.8 Å². The maximum atomic E-state index is 5.70. The van der Waals surface area contributed by atoms with E-state index in [1.54, 1.807) is 24.2 Å².